The molecule has 1 rings (SSSR count). The number of carboxylic acid groups (broad SMARTS) is 1. The minimum absolute atomic E-state index is 0.208. The number of carbonyl (C=O) groups is 1. The van der Waals surface area contributed by atoms with Crippen molar-refractivity contribution >= 4 is 43.5 Å². The molecule has 5 N–H and O–H groups in total. The maximum absolute atomic E-state index is 10.6. The number of anilines is 1. The lowest BCUT2D eigenvalue weighted by molar-refractivity contribution is -0.138. The van der Waals surface area contributed by atoms with Crippen LogP contribution in [-0.2, 0) is 11.2 Å². The van der Waals surface area contributed by atoms with Crippen molar-refractivity contribution in [3.8, 4) is 0 Å². The van der Waals surface area contributed by atoms with Crippen molar-refractivity contribution in [2.45, 2.75) is 12.5 Å². The molecular weight excluding hydrogens is 328 g/mol. The molecule has 0 saturated carbocycles. The molecule has 0 bridgehead atoms. The zero-order valence-electron chi connectivity index (χ0n) is 7.71. The van der Waals surface area contributed by atoms with E-state index in [1.165, 1.54) is 0 Å². The highest BCUT2D eigenvalue weighted by atomic mass is 79.9. The second-order valence-electron chi connectivity index (χ2n) is 3.11. The zero-order valence-corrected chi connectivity index (χ0v) is 10.9. The Bertz CT molecular complexity index is 396. The SMILES string of the molecule is Nc1c(Br)cc(Br)cc1CC(N)C(=O)O. The summed E-state index contributed by atoms with van der Waals surface area (Å²) < 4.78 is 1.56. The van der Waals surface area contributed by atoms with Gasteiger partial charge in [-0.2, -0.15) is 0 Å². The Morgan fingerprint density at radius 3 is 2.60 bits per heavy atom. The average Bonchev–Trinajstić information content (AvgIpc) is 2.13. The topological polar surface area (TPSA) is 89.3 Å². The maximum Gasteiger partial charge on any atom is 0.320 e. The normalized spacial score (nSPS) is 12.5. The average molecular weight is 338 g/mol. The third-order valence-electron chi connectivity index (χ3n) is 1.94. The summed E-state index contributed by atoms with van der Waals surface area (Å²) in [4.78, 5) is 10.6. The van der Waals surface area contributed by atoms with Gasteiger partial charge >= 0.3 is 5.97 Å². The molecule has 0 radical (unpaired) electrons. The highest BCUT2D eigenvalue weighted by Gasteiger charge is 2.15. The molecular formula is C9H10Br2N2O2. The van der Waals surface area contributed by atoms with Gasteiger partial charge in [-0.15, -0.1) is 0 Å². The third kappa shape index (κ3) is 3.19. The van der Waals surface area contributed by atoms with E-state index in [9.17, 15) is 4.79 Å². The molecule has 0 aliphatic heterocycles. The van der Waals surface area contributed by atoms with E-state index in [0.717, 1.165) is 8.95 Å². The smallest absolute Gasteiger partial charge is 0.320 e. The van der Waals surface area contributed by atoms with Crippen LogP contribution in [0.1, 0.15) is 5.56 Å². The van der Waals surface area contributed by atoms with Crippen molar-refractivity contribution in [3.63, 3.8) is 0 Å². The summed E-state index contributed by atoms with van der Waals surface area (Å²) in [6, 6.07) is 2.63. The summed E-state index contributed by atoms with van der Waals surface area (Å²) >= 11 is 6.58. The Labute approximate surface area is 104 Å². The van der Waals surface area contributed by atoms with Gasteiger partial charge in [0.05, 0.1) is 0 Å². The summed E-state index contributed by atoms with van der Waals surface area (Å²) in [6.07, 6.45) is 0.208. The molecule has 0 aliphatic carbocycles. The van der Waals surface area contributed by atoms with Crippen molar-refractivity contribution in [1.82, 2.24) is 0 Å². The highest BCUT2D eigenvalue weighted by molar-refractivity contribution is 9.11. The first-order valence-electron chi connectivity index (χ1n) is 4.13. The molecule has 0 aromatic heterocycles. The van der Waals surface area contributed by atoms with Gasteiger partial charge < -0.3 is 16.6 Å². The molecule has 1 aromatic rings. The molecule has 4 nitrogen and oxygen atoms in total. The number of aliphatic carboxylic acids is 1. The summed E-state index contributed by atoms with van der Waals surface area (Å²) in [7, 11) is 0. The summed E-state index contributed by atoms with van der Waals surface area (Å²) in [5.41, 5.74) is 12.5. The number of nitrogen functional groups attached to an aromatic ring is 1. The van der Waals surface area contributed by atoms with E-state index in [0.29, 0.717) is 11.3 Å². The molecule has 1 aromatic carbocycles. The molecule has 1 atom stereocenters. The van der Waals surface area contributed by atoms with Gasteiger partial charge in [-0.05, 0) is 33.6 Å². The minimum Gasteiger partial charge on any atom is -0.480 e. The lowest BCUT2D eigenvalue weighted by Crippen LogP contribution is -2.32. The summed E-state index contributed by atoms with van der Waals surface area (Å²) in [5, 5.41) is 8.68. The largest absolute Gasteiger partial charge is 0.480 e. The number of hydrogen-bond donors (Lipinski definition) is 3. The van der Waals surface area contributed by atoms with Gasteiger partial charge in [-0.25, -0.2) is 0 Å². The monoisotopic (exact) mass is 336 g/mol. The highest BCUT2D eigenvalue weighted by Crippen LogP contribution is 2.28. The van der Waals surface area contributed by atoms with Crippen LogP contribution in [0.15, 0.2) is 21.1 Å². The fraction of sp³-hybridized carbons (Fsp3) is 0.222. The van der Waals surface area contributed by atoms with Gasteiger partial charge in [0.15, 0.2) is 0 Å². The van der Waals surface area contributed by atoms with Gasteiger partial charge in [0.1, 0.15) is 6.04 Å². The molecule has 0 aliphatic rings. The molecule has 1 unspecified atom stereocenters. The van der Waals surface area contributed by atoms with Gasteiger partial charge in [-0.1, -0.05) is 15.9 Å². The predicted molar refractivity (Wildman–Crippen MR) is 65.6 cm³/mol. The number of hydrogen-bond acceptors (Lipinski definition) is 3. The summed E-state index contributed by atoms with van der Waals surface area (Å²) in [6.45, 7) is 0. The fourth-order valence-corrected chi connectivity index (χ4v) is 2.44. The Morgan fingerprint density at radius 1 is 1.47 bits per heavy atom. The number of halogens is 2. The van der Waals surface area contributed by atoms with E-state index in [-0.39, 0.29) is 6.42 Å². The van der Waals surface area contributed by atoms with E-state index in [2.05, 4.69) is 31.9 Å². The number of rotatable bonds is 3. The van der Waals surface area contributed by atoms with E-state index in [1.54, 1.807) is 12.1 Å². The van der Waals surface area contributed by atoms with Crippen LogP contribution in [0.25, 0.3) is 0 Å². The molecule has 6 heteroatoms. The van der Waals surface area contributed by atoms with Crippen LogP contribution in [0.4, 0.5) is 5.69 Å². The molecule has 15 heavy (non-hydrogen) atoms. The van der Waals surface area contributed by atoms with Crippen molar-refractivity contribution in [2.75, 3.05) is 5.73 Å². The second kappa shape index (κ2) is 4.96. The minimum atomic E-state index is -1.04. The quantitative estimate of drug-likeness (QED) is 0.733. The first-order chi connectivity index (χ1) is 6.91. The number of carboxylic acids is 1. The standard InChI is InChI=1S/C9H10Br2N2O2/c10-5-1-4(2-7(12)9(14)15)8(13)6(11)3-5/h1,3,7H,2,12-13H2,(H,14,15). The third-order valence-corrected chi connectivity index (χ3v) is 3.05. The molecule has 0 saturated heterocycles. The Morgan fingerprint density at radius 2 is 2.07 bits per heavy atom. The molecule has 0 spiro atoms. The number of benzene rings is 1. The first-order valence-corrected chi connectivity index (χ1v) is 5.72. The first kappa shape index (κ1) is 12.5. The lowest BCUT2D eigenvalue weighted by atomic mass is 10.1. The fourth-order valence-electron chi connectivity index (χ4n) is 1.13. The van der Waals surface area contributed by atoms with Crippen molar-refractivity contribution < 1.29 is 9.90 Å². The van der Waals surface area contributed by atoms with Gasteiger partial charge in [0.2, 0.25) is 0 Å². The Kier molecular flexibility index (Phi) is 4.12. The molecule has 0 heterocycles. The van der Waals surface area contributed by atoms with Crippen LogP contribution in [0.2, 0.25) is 0 Å². The van der Waals surface area contributed by atoms with E-state index in [1.807, 2.05) is 0 Å². The van der Waals surface area contributed by atoms with E-state index < -0.39 is 12.0 Å². The van der Waals surface area contributed by atoms with Crippen molar-refractivity contribution in [1.29, 1.82) is 0 Å². The van der Waals surface area contributed by atoms with Crippen LogP contribution < -0.4 is 11.5 Å². The second-order valence-corrected chi connectivity index (χ2v) is 4.88. The Balaban J connectivity index is 2.99. The maximum atomic E-state index is 10.6. The molecule has 0 fully saturated rings. The van der Waals surface area contributed by atoms with E-state index in [4.69, 9.17) is 16.6 Å². The predicted octanol–water partition coefficient (Wildman–Crippen LogP) is 1.75. The van der Waals surface area contributed by atoms with Crippen molar-refractivity contribution in [3.05, 3.63) is 26.6 Å². The molecule has 0 amide bonds. The van der Waals surface area contributed by atoms with Crippen LogP contribution in [0, 0.1) is 0 Å². The summed E-state index contributed by atoms with van der Waals surface area (Å²) in [5.74, 6) is -1.04. The van der Waals surface area contributed by atoms with Crippen LogP contribution >= 0.6 is 31.9 Å². The Hall–Kier alpha value is -0.590. The van der Waals surface area contributed by atoms with Gasteiger partial charge in [0.25, 0.3) is 0 Å². The van der Waals surface area contributed by atoms with Crippen LogP contribution in [0.3, 0.4) is 0 Å². The zero-order chi connectivity index (χ0) is 11.6. The molecule has 82 valence electrons. The number of nitrogens with two attached hydrogens (primary N) is 2. The van der Waals surface area contributed by atoms with Gasteiger partial charge in [0, 0.05) is 21.1 Å². The van der Waals surface area contributed by atoms with Crippen LogP contribution in [0.5, 0.6) is 0 Å². The van der Waals surface area contributed by atoms with Crippen LogP contribution in [-0.4, -0.2) is 17.1 Å². The van der Waals surface area contributed by atoms with E-state index >= 15 is 0 Å². The lowest BCUT2D eigenvalue weighted by Gasteiger charge is -2.11. The van der Waals surface area contributed by atoms with Gasteiger partial charge in [-0.3, -0.25) is 4.79 Å². The van der Waals surface area contributed by atoms with Crippen molar-refractivity contribution in [2.24, 2.45) is 5.73 Å².